The smallest absolute Gasteiger partial charge is 0.251 e. The topological polar surface area (TPSA) is 163 Å². The van der Waals surface area contributed by atoms with Crippen molar-refractivity contribution in [1.29, 1.82) is 5.41 Å². The van der Waals surface area contributed by atoms with E-state index in [0.29, 0.717) is 36.5 Å². The van der Waals surface area contributed by atoms with Gasteiger partial charge >= 0.3 is 0 Å². The van der Waals surface area contributed by atoms with Crippen LogP contribution < -0.4 is 16.4 Å². The minimum atomic E-state index is -0.339. The Balaban J connectivity index is 1.32. The number of carbonyl (C=O) groups is 3. The van der Waals surface area contributed by atoms with E-state index in [0.717, 1.165) is 41.0 Å². The molecular formula is C31H39N7O3S. The number of hydrogen-bond donors (Lipinski definition) is 4. The molecule has 1 atom stereocenters. The lowest BCUT2D eigenvalue weighted by Gasteiger charge is -2.14. The SMILES string of the molecule is CCC(=O)NC(C)c1cccc(CC(=O)N=C(N)CCC(=N)CCCCc2nnc(NC(=O)Cc3ccccc3)s2)c1. The molecule has 3 amide bonds. The van der Waals surface area contributed by atoms with Crippen LogP contribution in [0.1, 0.15) is 80.1 Å². The van der Waals surface area contributed by atoms with Crippen molar-refractivity contribution in [3.05, 3.63) is 76.3 Å². The van der Waals surface area contributed by atoms with E-state index in [1.165, 1.54) is 11.3 Å². The van der Waals surface area contributed by atoms with Gasteiger partial charge in [0.1, 0.15) is 10.8 Å². The fourth-order valence-electron chi connectivity index (χ4n) is 4.20. The molecule has 1 heterocycles. The maximum absolute atomic E-state index is 12.4. The molecule has 0 aliphatic carbocycles. The minimum absolute atomic E-state index is 0.0284. The Morgan fingerprint density at radius 3 is 2.48 bits per heavy atom. The molecule has 0 bridgehead atoms. The molecule has 222 valence electrons. The summed E-state index contributed by atoms with van der Waals surface area (Å²) in [6, 6.07) is 16.9. The van der Waals surface area contributed by atoms with Crippen LogP contribution in [0.25, 0.3) is 0 Å². The van der Waals surface area contributed by atoms with Crippen LogP contribution in [0.4, 0.5) is 5.13 Å². The van der Waals surface area contributed by atoms with Crippen LogP contribution in [-0.4, -0.2) is 39.5 Å². The largest absolute Gasteiger partial charge is 0.387 e. The second-order valence-corrected chi connectivity index (χ2v) is 11.1. The van der Waals surface area contributed by atoms with Crippen molar-refractivity contribution in [2.24, 2.45) is 10.7 Å². The van der Waals surface area contributed by atoms with Crippen molar-refractivity contribution in [3.63, 3.8) is 0 Å². The maximum atomic E-state index is 12.4. The number of carbonyl (C=O) groups excluding carboxylic acids is 3. The third-order valence-corrected chi connectivity index (χ3v) is 7.39. The number of benzene rings is 2. The molecule has 0 radical (unpaired) electrons. The summed E-state index contributed by atoms with van der Waals surface area (Å²) < 4.78 is 0. The number of aryl methyl sites for hydroxylation is 1. The molecule has 1 unspecified atom stereocenters. The Labute approximate surface area is 250 Å². The third kappa shape index (κ3) is 11.7. The number of aliphatic imine (C=N–C) groups is 1. The predicted molar refractivity (Wildman–Crippen MR) is 167 cm³/mol. The van der Waals surface area contributed by atoms with E-state index in [4.69, 9.17) is 11.1 Å². The van der Waals surface area contributed by atoms with Crippen LogP contribution in [0.15, 0.2) is 59.6 Å². The summed E-state index contributed by atoms with van der Waals surface area (Å²) in [5, 5.41) is 23.5. The number of unbranched alkanes of at least 4 members (excludes halogenated alkanes) is 1. The van der Waals surface area contributed by atoms with Crippen LogP contribution >= 0.6 is 11.3 Å². The van der Waals surface area contributed by atoms with Crippen LogP contribution in [0.3, 0.4) is 0 Å². The van der Waals surface area contributed by atoms with Gasteiger partial charge in [-0.05, 0) is 49.3 Å². The van der Waals surface area contributed by atoms with Crippen molar-refractivity contribution in [2.75, 3.05) is 5.32 Å². The first-order valence-corrected chi connectivity index (χ1v) is 15.0. The molecule has 0 aliphatic rings. The summed E-state index contributed by atoms with van der Waals surface area (Å²) in [5.41, 5.74) is 9.20. The standard InChI is InChI=1S/C31H39N7O3S/c1-3-27(39)34-21(2)24-13-9-12-23(18-24)20-28(40)35-26(33)17-16-25(32)14-7-8-15-30-37-38-31(42-30)36-29(41)19-22-10-5-4-6-11-22/h4-6,9-13,18,21,32H,3,7-8,14-17,19-20H2,1-2H3,(H,34,39)(H2,33,35,40)(H,36,38,41). The van der Waals surface area contributed by atoms with Gasteiger partial charge in [0, 0.05) is 25.0 Å². The van der Waals surface area contributed by atoms with Crippen molar-refractivity contribution in [3.8, 4) is 0 Å². The number of hydrogen-bond acceptors (Lipinski definition) is 7. The summed E-state index contributed by atoms with van der Waals surface area (Å²) in [4.78, 5) is 40.3. The molecule has 42 heavy (non-hydrogen) atoms. The highest BCUT2D eigenvalue weighted by atomic mass is 32.1. The van der Waals surface area contributed by atoms with Gasteiger partial charge in [-0.3, -0.25) is 14.4 Å². The van der Waals surface area contributed by atoms with Crippen molar-refractivity contribution in [1.82, 2.24) is 15.5 Å². The number of aromatic nitrogens is 2. The van der Waals surface area contributed by atoms with Gasteiger partial charge in [0.15, 0.2) is 0 Å². The van der Waals surface area contributed by atoms with E-state index in [-0.39, 0.29) is 42.4 Å². The number of rotatable bonds is 16. The van der Waals surface area contributed by atoms with Gasteiger partial charge in [-0.15, -0.1) is 10.2 Å². The van der Waals surface area contributed by atoms with Crippen LogP contribution in [0.5, 0.6) is 0 Å². The van der Waals surface area contributed by atoms with E-state index in [9.17, 15) is 14.4 Å². The molecule has 0 aliphatic heterocycles. The molecule has 0 spiro atoms. The van der Waals surface area contributed by atoms with E-state index in [1.54, 1.807) is 6.92 Å². The molecule has 1 aromatic heterocycles. The van der Waals surface area contributed by atoms with Gasteiger partial charge in [-0.25, -0.2) is 4.99 Å². The number of nitrogens with one attached hydrogen (secondary N) is 3. The van der Waals surface area contributed by atoms with Gasteiger partial charge in [-0.2, -0.15) is 0 Å². The highest BCUT2D eigenvalue weighted by molar-refractivity contribution is 7.15. The van der Waals surface area contributed by atoms with E-state index in [1.807, 2.05) is 61.5 Å². The fraction of sp³-hybridized carbons (Fsp3) is 0.387. The first kappa shape index (κ1) is 32.3. The maximum Gasteiger partial charge on any atom is 0.251 e. The van der Waals surface area contributed by atoms with Crippen molar-refractivity contribution in [2.45, 2.75) is 77.7 Å². The molecular weight excluding hydrogens is 550 g/mol. The highest BCUT2D eigenvalue weighted by Crippen LogP contribution is 2.18. The summed E-state index contributed by atoms with van der Waals surface area (Å²) in [6.45, 7) is 3.71. The first-order valence-electron chi connectivity index (χ1n) is 14.2. The van der Waals surface area contributed by atoms with Crippen molar-refractivity contribution < 1.29 is 14.4 Å². The van der Waals surface area contributed by atoms with Crippen LogP contribution in [0, 0.1) is 5.41 Å². The molecule has 11 heteroatoms. The molecule has 3 aromatic rings. The summed E-state index contributed by atoms with van der Waals surface area (Å²) >= 11 is 1.37. The van der Waals surface area contributed by atoms with Crippen LogP contribution in [0.2, 0.25) is 0 Å². The monoisotopic (exact) mass is 589 g/mol. The lowest BCUT2D eigenvalue weighted by atomic mass is 10.0. The van der Waals surface area contributed by atoms with E-state index in [2.05, 4.69) is 25.8 Å². The Morgan fingerprint density at radius 2 is 1.71 bits per heavy atom. The Hall–Kier alpha value is -4.25. The minimum Gasteiger partial charge on any atom is -0.387 e. The Morgan fingerprint density at radius 1 is 0.952 bits per heavy atom. The van der Waals surface area contributed by atoms with Gasteiger partial charge in [0.05, 0.1) is 18.9 Å². The van der Waals surface area contributed by atoms with Gasteiger partial charge in [0.25, 0.3) is 5.91 Å². The van der Waals surface area contributed by atoms with Gasteiger partial charge in [0.2, 0.25) is 16.9 Å². The van der Waals surface area contributed by atoms with Gasteiger partial charge < -0.3 is 21.8 Å². The normalized spacial score (nSPS) is 12.0. The lowest BCUT2D eigenvalue weighted by Crippen LogP contribution is -2.25. The molecule has 3 rings (SSSR count). The number of amides is 3. The zero-order valence-electron chi connectivity index (χ0n) is 24.2. The highest BCUT2D eigenvalue weighted by Gasteiger charge is 2.12. The third-order valence-electron chi connectivity index (χ3n) is 6.50. The van der Waals surface area contributed by atoms with Crippen molar-refractivity contribution >= 4 is 45.7 Å². The Kier molecular flexibility index (Phi) is 13.0. The van der Waals surface area contributed by atoms with E-state index < -0.39 is 0 Å². The molecule has 2 aromatic carbocycles. The number of nitrogens with zero attached hydrogens (tertiary/aromatic N) is 3. The first-order chi connectivity index (χ1) is 20.2. The second-order valence-electron chi connectivity index (χ2n) is 10.1. The summed E-state index contributed by atoms with van der Waals surface area (Å²) in [5.74, 6) is -0.270. The average Bonchev–Trinajstić information content (AvgIpc) is 3.41. The molecule has 5 N–H and O–H groups in total. The molecule has 10 nitrogen and oxygen atoms in total. The van der Waals surface area contributed by atoms with Crippen LogP contribution in [-0.2, 0) is 33.6 Å². The molecule has 0 saturated heterocycles. The average molecular weight is 590 g/mol. The number of amidine groups is 1. The summed E-state index contributed by atoms with van der Waals surface area (Å²) in [7, 11) is 0. The quantitative estimate of drug-likeness (QED) is 0.105. The van der Waals surface area contributed by atoms with E-state index >= 15 is 0 Å². The Bertz CT molecular complexity index is 1390. The number of anilines is 1. The molecule has 0 saturated carbocycles. The fourth-order valence-corrected chi connectivity index (χ4v) is 5.00. The number of nitrogens with two attached hydrogens (primary N) is 1. The zero-order valence-corrected chi connectivity index (χ0v) is 25.0. The predicted octanol–water partition coefficient (Wildman–Crippen LogP) is 4.95. The summed E-state index contributed by atoms with van der Waals surface area (Å²) in [6.07, 6.45) is 4.63. The zero-order chi connectivity index (χ0) is 30.3. The lowest BCUT2D eigenvalue weighted by molar-refractivity contribution is -0.121. The molecule has 0 fully saturated rings. The van der Waals surface area contributed by atoms with Gasteiger partial charge in [-0.1, -0.05) is 72.9 Å². The second kappa shape index (κ2) is 16.9.